The van der Waals surface area contributed by atoms with E-state index in [0.29, 0.717) is 6.04 Å². The lowest BCUT2D eigenvalue weighted by atomic mass is 10.1. The number of rotatable bonds is 8. The standard InChI is InChI=1S/C22H28N4O2/c27-15-11-20-17-25(16-19-9-4-10-21-22(19)24-28-23-21)13-14-26(20)12-5-8-18-6-2-1-3-7-18/h1-4,6-7,9-10,20,27H,5,8,11-17H2/t20-/m0/s1. The van der Waals surface area contributed by atoms with Crippen molar-refractivity contribution in [3.8, 4) is 0 Å². The van der Waals surface area contributed by atoms with Gasteiger partial charge in [0.15, 0.2) is 0 Å². The van der Waals surface area contributed by atoms with E-state index in [2.05, 4.69) is 56.5 Å². The number of fused-ring (bicyclic) bond motifs is 1. The quantitative estimate of drug-likeness (QED) is 0.648. The molecule has 0 amide bonds. The molecular weight excluding hydrogens is 352 g/mol. The minimum Gasteiger partial charge on any atom is -0.396 e. The maximum absolute atomic E-state index is 9.55. The molecule has 3 aromatic rings. The molecule has 1 saturated heterocycles. The van der Waals surface area contributed by atoms with Gasteiger partial charge in [0.25, 0.3) is 0 Å². The average molecular weight is 380 g/mol. The van der Waals surface area contributed by atoms with Gasteiger partial charge in [0.05, 0.1) is 0 Å². The monoisotopic (exact) mass is 380 g/mol. The maximum Gasteiger partial charge on any atom is 0.139 e. The Morgan fingerprint density at radius 2 is 1.93 bits per heavy atom. The molecule has 1 atom stereocenters. The van der Waals surface area contributed by atoms with Crippen molar-refractivity contribution in [1.82, 2.24) is 20.1 Å². The highest BCUT2D eigenvalue weighted by Gasteiger charge is 2.26. The second kappa shape index (κ2) is 9.28. The highest BCUT2D eigenvalue weighted by Crippen LogP contribution is 2.20. The van der Waals surface area contributed by atoms with Crippen molar-refractivity contribution in [3.05, 3.63) is 59.7 Å². The van der Waals surface area contributed by atoms with Gasteiger partial charge in [-0.05, 0) is 53.3 Å². The lowest BCUT2D eigenvalue weighted by Gasteiger charge is -2.41. The van der Waals surface area contributed by atoms with Crippen LogP contribution < -0.4 is 0 Å². The molecule has 1 N–H and O–H groups in total. The molecule has 0 unspecified atom stereocenters. The van der Waals surface area contributed by atoms with Crippen LogP contribution in [0.5, 0.6) is 0 Å². The van der Waals surface area contributed by atoms with Gasteiger partial charge in [-0.3, -0.25) is 9.80 Å². The molecule has 28 heavy (non-hydrogen) atoms. The Morgan fingerprint density at radius 1 is 1.04 bits per heavy atom. The largest absolute Gasteiger partial charge is 0.396 e. The highest BCUT2D eigenvalue weighted by molar-refractivity contribution is 5.76. The first kappa shape index (κ1) is 19.1. The van der Waals surface area contributed by atoms with E-state index in [-0.39, 0.29) is 6.61 Å². The minimum atomic E-state index is 0.233. The van der Waals surface area contributed by atoms with Crippen molar-refractivity contribution in [2.75, 3.05) is 32.8 Å². The number of hydrogen-bond acceptors (Lipinski definition) is 6. The number of aliphatic hydroxyl groups excluding tert-OH is 1. The predicted octanol–water partition coefficient (Wildman–Crippen LogP) is 2.72. The van der Waals surface area contributed by atoms with Crippen LogP contribution in [0.25, 0.3) is 11.0 Å². The van der Waals surface area contributed by atoms with Crippen molar-refractivity contribution in [2.24, 2.45) is 0 Å². The van der Waals surface area contributed by atoms with Crippen LogP contribution in [-0.4, -0.2) is 64.0 Å². The summed E-state index contributed by atoms with van der Waals surface area (Å²) < 4.78 is 4.89. The van der Waals surface area contributed by atoms with E-state index in [0.717, 1.165) is 68.6 Å². The van der Waals surface area contributed by atoms with Crippen molar-refractivity contribution in [3.63, 3.8) is 0 Å². The Balaban J connectivity index is 1.34. The van der Waals surface area contributed by atoms with Gasteiger partial charge < -0.3 is 5.11 Å². The topological polar surface area (TPSA) is 65.6 Å². The molecule has 1 aliphatic rings. The van der Waals surface area contributed by atoms with Crippen LogP contribution in [0.4, 0.5) is 0 Å². The Kier molecular flexibility index (Phi) is 6.31. The molecule has 6 heteroatoms. The summed E-state index contributed by atoms with van der Waals surface area (Å²) in [5.74, 6) is 0. The number of nitrogens with zero attached hydrogens (tertiary/aromatic N) is 4. The first-order chi connectivity index (χ1) is 13.8. The molecule has 6 nitrogen and oxygen atoms in total. The third-order valence-electron chi connectivity index (χ3n) is 5.67. The summed E-state index contributed by atoms with van der Waals surface area (Å²) in [5.41, 5.74) is 4.21. The summed E-state index contributed by atoms with van der Waals surface area (Å²) >= 11 is 0. The predicted molar refractivity (Wildman–Crippen MR) is 109 cm³/mol. The second-order valence-corrected chi connectivity index (χ2v) is 7.58. The molecule has 1 aromatic heterocycles. The maximum atomic E-state index is 9.55. The summed E-state index contributed by atoms with van der Waals surface area (Å²) in [7, 11) is 0. The van der Waals surface area contributed by atoms with Crippen molar-refractivity contribution in [2.45, 2.75) is 31.8 Å². The Labute approximate surface area is 165 Å². The molecule has 0 spiro atoms. The molecule has 0 aliphatic carbocycles. The van der Waals surface area contributed by atoms with Gasteiger partial charge in [-0.2, -0.15) is 0 Å². The fourth-order valence-electron chi connectivity index (χ4n) is 4.18. The lowest BCUT2D eigenvalue weighted by molar-refractivity contribution is 0.0548. The van der Waals surface area contributed by atoms with E-state index in [1.165, 1.54) is 5.56 Å². The second-order valence-electron chi connectivity index (χ2n) is 7.58. The van der Waals surface area contributed by atoms with Gasteiger partial charge in [-0.25, -0.2) is 4.63 Å². The first-order valence-corrected chi connectivity index (χ1v) is 10.1. The van der Waals surface area contributed by atoms with Gasteiger partial charge in [-0.1, -0.05) is 42.5 Å². The Morgan fingerprint density at radius 3 is 2.79 bits per heavy atom. The molecular formula is C22H28N4O2. The SMILES string of the molecule is OCC[C@H]1CN(Cc2cccc3nonc23)CCN1CCCc1ccccc1. The zero-order valence-electron chi connectivity index (χ0n) is 16.2. The van der Waals surface area contributed by atoms with Crippen LogP contribution in [0, 0.1) is 0 Å². The third-order valence-corrected chi connectivity index (χ3v) is 5.67. The minimum absolute atomic E-state index is 0.233. The van der Waals surface area contributed by atoms with Crippen molar-refractivity contribution in [1.29, 1.82) is 0 Å². The smallest absolute Gasteiger partial charge is 0.139 e. The molecule has 1 aliphatic heterocycles. The summed E-state index contributed by atoms with van der Waals surface area (Å²) in [6, 6.07) is 17.1. The third kappa shape index (κ3) is 4.58. The number of aromatic nitrogens is 2. The number of hydrogen-bond donors (Lipinski definition) is 1. The van der Waals surface area contributed by atoms with E-state index in [4.69, 9.17) is 4.63 Å². The van der Waals surface area contributed by atoms with Gasteiger partial charge in [0.2, 0.25) is 0 Å². The molecule has 0 radical (unpaired) electrons. The van der Waals surface area contributed by atoms with Gasteiger partial charge >= 0.3 is 0 Å². The van der Waals surface area contributed by atoms with Gasteiger partial charge in [0.1, 0.15) is 11.0 Å². The molecule has 148 valence electrons. The average Bonchev–Trinajstić information content (AvgIpc) is 3.21. The van der Waals surface area contributed by atoms with E-state index in [1.54, 1.807) is 0 Å². The fourth-order valence-corrected chi connectivity index (χ4v) is 4.18. The van der Waals surface area contributed by atoms with E-state index in [9.17, 15) is 5.11 Å². The molecule has 4 rings (SSSR count). The number of aliphatic hydroxyl groups is 1. The molecule has 2 heterocycles. The summed E-state index contributed by atoms with van der Waals surface area (Å²) in [4.78, 5) is 5.01. The van der Waals surface area contributed by atoms with Crippen LogP contribution in [0.2, 0.25) is 0 Å². The van der Waals surface area contributed by atoms with Crippen molar-refractivity contribution < 1.29 is 9.74 Å². The molecule has 2 aromatic carbocycles. The van der Waals surface area contributed by atoms with E-state index in [1.807, 2.05) is 12.1 Å². The molecule has 0 bridgehead atoms. The normalized spacial score (nSPS) is 18.7. The highest BCUT2D eigenvalue weighted by atomic mass is 16.6. The number of aryl methyl sites for hydroxylation is 1. The van der Waals surface area contributed by atoms with Gasteiger partial charge in [-0.15, -0.1) is 0 Å². The Hall–Kier alpha value is -2.28. The van der Waals surface area contributed by atoms with Gasteiger partial charge in [0, 0.05) is 38.8 Å². The number of benzene rings is 2. The van der Waals surface area contributed by atoms with E-state index >= 15 is 0 Å². The molecule has 0 saturated carbocycles. The Bertz CT molecular complexity index is 867. The summed E-state index contributed by atoms with van der Waals surface area (Å²) in [6.07, 6.45) is 3.07. The number of piperazine rings is 1. The van der Waals surface area contributed by atoms with Crippen LogP contribution in [0.3, 0.4) is 0 Å². The lowest BCUT2D eigenvalue weighted by Crippen LogP contribution is -2.53. The van der Waals surface area contributed by atoms with Crippen LogP contribution in [-0.2, 0) is 13.0 Å². The van der Waals surface area contributed by atoms with E-state index < -0.39 is 0 Å². The zero-order chi connectivity index (χ0) is 19.2. The fraction of sp³-hybridized carbons (Fsp3) is 0.455. The summed E-state index contributed by atoms with van der Waals surface area (Å²) in [6.45, 7) is 5.17. The first-order valence-electron chi connectivity index (χ1n) is 10.1. The van der Waals surface area contributed by atoms with Crippen LogP contribution >= 0.6 is 0 Å². The zero-order valence-corrected chi connectivity index (χ0v) is 16.2. The van der Waals surface area contributed by atoms with Crippen LogP contribution in [0.15, 0.2) is 53.2 Å². The summed E-state index contributed by atoms with van der Waals surface area (Å²) in [5, 5.41) is 17.6. The molecule has 1 fully saturated rings. The van der Waals surface area contributed by atoms with Crippen molar-refractivity contribution >= 4 is 11.0 Å². The van der Waals surface area contributed by atoms with Crippen LogP contribution in [0.1, 0.15) is 24.0 Å².